The van der Waals surface area contributed by atoms with E-state index in [1.165, 1.54) is 0 Å². The minimum absolute atomic E-state index is 0.248. The number of benzene rings is 2. The van der Waals surface area contributed by atoms with Crippen molar-refractivity contribution in [1.82, 2.24) is 0 Å². The molecule has 3 rings (SSSR count). The van der Waals surface area contributed by atoms with Crippen LogP contribution in [0.5, 0.6) is 5.75 Å². The number of ether oxygens (including phenoxy) is 2. The number of esters is 2. The number of rotatable bonds is 4. The lowest BCUT2D eigenvalue weighted by molar-refractivity contribution is 0.0526. The van der Waals surface area contributed by atoms with Crippen LogP contribution in [0.15, 0.2) is 43.7 Å². The highest BCUT2D eigenvalue weighted by atomic mass is 79.9. The second-order valence-corrected chi connectivity index (χ2v) is 7.48. The smallest absolute Gasteiger partial charge is 0.344 e. The van der Waals surface area contributed by atoms with Gasteiger partial charge in [0.05, 0.1) is 22.0 Å². The third-order valence-electron chi connectivity index (χ3n) is 4.00. The Kier molecular flexibility index (Phi) is 5.72. The molecule has 5 nitrogen and oxygen atoms in total. The molecule has 0 atom stereocenters. The van der Waals surface area contributed by atoms with Crippen molar-refractivity contribution in [2.45, 2.75) is 20.8 Å². The molecular formula is C20H16Br2O5. The lowest BCUT2D eigenvalue weighted by atomic mass is 10.1. The number of fused-ring (bicyclic) bond motifs is 1. The fourth-order valence-corrected chi connectivity index (χ4v) is 3.81. The maximum Gasteiger partial charge on any atom is 0.344 e. The molecule has 1 aromatic heterocycles. The van der Waals surface area contributed by atoms with E-state index in [0.717, 1.165) is 5.56 Å². The van der Waals surface area contributed by atoms with Crippen molar-refractivity contribution in [2.75, 3.05) is 6.61 Å². The molecule has 0 radical (unpaired) electrons. The monoisotopic (exact) mass is 494 g/mol. The van der Waals surface area contributed by atoms with Gasteiger partial charge < -0.3 is 13.9 Å². The molecule has 1 heterocycles. The number of carbonyl (C=O) groups excluding carboxylic acids is 2. The van der Waals surface area contributed by atoms with E-state index in [1.807, 2.05) is 13.0 Å². The topological polar surface area (TPSA) is 65.7 Å². The maximum absolute atomic E-state index is 12.6. The van der Waals surface area contributed by atoms with Crippen LogP contribution in [0, 0.1) is 13.8 Å². The minimum atomic E-state index is -0.514. The van der Waals surface area contributed by atoms with Gasteiger partial charge in [0.15, 0.2) is 0 Å². The number of carbonyl (C=O) groups is 2. The molecule has 2 aromatic carbocycles. The van der Waals surface area contributed by atoms with Crippen LogP contribution in [0.2, 0.25) is 0 Å². The van der Waals surface area contributed by atoms with Crippen molar-refractivity contribution < 1.29 is 23.5 Å². The Morgan fingerprint density at radius 2 is 1.81 bits per heavy atom. The van der Waals surface area contributed by atoms with Crippen LogP contribution in [0.1, 0.15) is 39.0 Å². The number of hydrogen-bond acceptors (Lipinski definition) is 5. The van der Waals surface area contributed by atoms with Crippen molar-refractivity contribution in [3.05, 3.63) is 61.7 Å². The van der Waals surface area contributed by atoms with Gasteiger partial charge in [0.2, 0.25) is 0 Å². The molecule has 7 heteroatoms. The highest BCUT2D eigenvalue weighted by Crippen LogP contribution is 2.41. The molecule has 27 heavy (non-hydrogen) atoms. The number of halogens is 2. The summed E-state index contributed by atoms with van der Waals surface area (Å²) in [5.74, 6) is -0.253. The first-order chi connectivity index (χ1) is 12.8. The van der Waals surface area contributed by atoms with Crippen LogP contribution < -0.4 is 4.74 Å². The second-order valence-electron chi connectivity index (χ2n) is 5.83. The molecular weight excluding hydrogens is 480 g/mol. The lowest BCUT2D eigenvalue weighted by Gasteiger charge is -2.10. The van der Waals surface area contributed by atoms with Crippen LogP contribution in [0.4, 0.5) is 0 Å². The van der Waals surface area contributed by atoms with E-state index in [4.69, 9.17) is 13.9 Å². The van der Waals surface area contributed by atoms with Gasteiger partial charge in [-0.3, -0.25) is 0 Å². The molecule has 0 bridgehead atoms. The Morgan fingerprint density at radius 3 is 2.48 bits per heavy atom. The molecule has 140 valence electrons. The molecule has 0 spiro atoms. The summed E-state index contributed by atoms with van der Waals surface area (Å²) >= 11 is 6.81. The summed E-state index contributed by atoms with van der Waals surface area (Å²) in [5.41, 5.74) is 2.00. The zero-order valence-electron chi connectivity index (χ0n) is 14.9. The first-order valence-corrected chi connectivity index (χ1v) is 9.79. The normalized spacial score (nSPS) is 10.9. The Labute approximate surface area is 172 Å². The summed E-state index contributed by atoms with van der Waals surface area (Å²) in [6, 6.07) is 8.69. The molecule has 0 saturated carbocycles. The SMILES string of the molecule is CCOC(=O)c1c(C)oc2c(C)cc(OC(=O)c3ccccc3Br)c(Br)c12. The van der Waals surface area contributed by atoms with Gasteiger partial charge in [-0.05, 0) is 76.4 Å². The van der Waals surface area contributed by atoms with Crippen molar-refractivity contribution in [3.63, 3.8) is 0 Å². The van der Waals surface area contributed by atoms with Gasteiger partial charge in [-0.25, -0.2) is 9.59 Å². The molecule has 0 N–H and O–H groups in total. The summed E-state index contributed by atoms with van der Waals surface area (Å²) in [5, 5.41) is 0.529. The minimum Gasteiger partial charge on any atom is -0.462 e. The Balaban J connectivity index is 2.11. The summed E-state index contributed by atoms with van der Waals surface area (Å²) in [6.07, 6.45) is 0. The second kappa shape index (κ2) is 7.86. The first kappa shape index (κ1) is 19.6. The zero-order valence-corrected chi connectivity index (χ0v) is 18.1. The van der Waals surface area contributed by atoms with E-state index >= 15 is 0 Å². The van der Waals surface area contributed by atoms with E-state index < -0.39 is 11.9 Å². The summed E-state index contributed by atoms with van der Waals surface area (Å²) in [7, 11) is 0. The summed E-state index contributed by atoms with van der Waals surface area (Å²) in [4.78, 5) is 25.0. The number of furan rings is 1. The van der Waals surface area contributed by atoms with Crippen molar-refractivity contribution in [3.8, 4) is 5.75 Å². The Hall–Kier alpha value is -2.12. The quantitative estimate of drug-likeness (QED) is 0.329. The van der Waals surface area contributed by atoms with Crippen LogP contribution in [-0.2, 0) is 4.74 Å². The van der Waals surface area contributed by atoms with Gasteiger partial charge in [-0.15, -0.1) is 0 Å². The average Bonchev–Trinajstić information content (AvgIpc) is 2.98. The van der Waals surface area contributed by atoms with Gasteiger partial charge in [0.1, 0.15) is 22.7 Å². The fraction of sp³-hybridized carbons (Fsp3) is 0.200. The Morgan fingerprint density at radius 1 is 1.11 bits per heavy atom. The van der Waals surface area contributed by atoms with Gasteiger partial charge in [0, 0.05) is 4.47 Å². The molecule has 0 unspecified atom stereocenters. The van der Waals surface area contributed by atoms with E-state index in [0.29, 0.717) is 42.6 Å². The number of hydrogen-bond donors (Lipinski definition) is 0. The molecule has 0 aliphatic carbocycles. The lowest BCUT2D eigenvalue weighted by Crippen LogP contribution is -2.10. The average molecular weight is 496 g/mol. The Bertz CT molecular complexity index is 1050. The van der Waals surface area contributed by atoms with Crippen molar-refractivity contribution in [1.29, 1.82) is 0 Å². The third-order valence-corrected chi connectivity index (χ3v) is 5.48. The summed E-state index contributed by atoms with van der Waals surface area (Å²) < 4.78 is 17.6. The molecule has 0 fully saturated rings. The highest BCUT2D eigenvalue weighted by molar-refractivity contribution is 9.11. The third kappa shape index (κ3) is 3.66. The fourth-order valence-electron chi connectivity index (χ4n) is 2.79. The van der Waals surface area contributed by atoms with Gasteiger partial charge in [0.25, 0.3) is 0 Å². The largest absolute Gasteiger partial charge is 0.462 e. The van der Waals surface area contributed by atoms with Crippen molar-refractivity contribution in [2.24, 2.45) is 0 Å². The van der Waals surface area contributed by atoms with E-state index in [1.54, 1.807) is 38.1 Å². The summed E-state index contributed by atoms with van der Waals surface area (Å²) in [6.45, 7) is 5.51. The molecule has 0 amide bonds. The molecule has 0 saturated heterocycles. The molecule has 0 aliphatic heterocycles. The van der Waals surface area contributed by atoms with E-state index in [2.05, 4.69) is 31.9 Å². The predicted molar refractivity (Wildman–Crippen MR) is 108 cm³/mol. The maximum atomic E-state index is 12.6. The van der Waals surface area contributed by atoms with Crippen LogP contribution in [0.25, 0.3) is 11.0 Å². The van der Waals surface area contributed by atoms with Crippen LogP contribution in [0.3, 0.4) is 0 Å². The van der Waals surface area contributed by atoms with Crippen LogP contribution in [-0.4, -0.2) is 18.5 Å². The van der Waals surface area contributed by atoms with Crippen LogP contribution >= 0.6 is 31.9 Å². The molecule has 0 aliphatic rings. The standard InChI is InChI=1S/C20H16Br2O5/c1-4-25-20(24)15-11(3)26-18-10(2)9-14(17(22)16(15)18)27-19(23)12-7-5-6-8-13(12)21/h5-9H,4H2,1-3H3. The van der Waals surface area contributed by atoms with E-state index in [-0.39, 0.29) is 6.61 Å². The van der Waals surface area contributed by atoms with Gasteiger partial charge >= 0.3 is 11.9 Å². The highest BCUT2D eigenvalue weighted by Gasteiger charge is 2.26. The molecule has 3 aromatic rings. The first-order valence-electron chi connectivity index (χ1n) is 8.21. The predicted octanol–water partition coefficient (Wildman–Crippen LogP) is 5.97. The van der Waals surface area contributed by atoms with Crippen molar-refractivity contribution >= 4 is 54.8 Å². The number of aryl methyl sites for hydroxylation is 2. The zero-order chi connectivity index (χ0) is 19.7. The van der Waals surface area contributed by atoms with E-state index in [9.17, 15) is 9.59 Å². The van der Waals surface area contributed by atoms with Gasteiger partial charge in [-0.2, -0.15) is 0 Å². The van der Waals surface area contributed by atoms with Gasteiger partial charge in [-0.1, -0.05) is 12.1 Å².